The Morgan fingerprint density at radius 1 is 1.27 bits per heavy atom. The number of nitrogens with one attached hydrogen (secondary N) is 2. The summed E-state index contributed by atoms with van der Waals surface area (Å²) in [5, 5.41) is 16.2. The summed E-state index contributed by atoms with van der Waals surface area (Å²) in [5.41, 5.74) is 7.11. The number of dihydropyridines is 1. The highest BCUT2D eigenvalue weighted by Crippen LogP contribution is 2.41. The number of furan rings is 1. The van der Waals surface area contributed by atoms with Crippen molar-refractivity contribution in [1.29, 1.82) is 5.26 Å². The first-order chi connectivity index (χ1) is 15.8. The molecule has 0 spiro atoms. The number of nitrogens with zero attached hydrogens (tertiary/aromatic N) is 1. The Kier molecular flexibility index (Phi) is 7.58. The van der Waals surface area contributed by atoms with E-state index < -0.39 is 23.7 Å². The SMILES string of the molecule is CCOC(=O)c1ccc(NC(=O)C2=C(C)NC(SCC(N)=O)=C(C#N)[C@@H]2c2ccco2)cc1. The van der Waals surface area contributed by atoms with Crippen LogP contribution in [0.1, 0.15) is 35.9 Å². The molecule has 0 fully saturated rings. The zero-order chi connectivity index (χ0) is 24.0. The average Bonchev–Trinajstić information content (AvgIpc) is 3.32. The lowest BCUT2D eigenvalue weighted by atomic mass is 9.85. The molecule has 0 aliphatic carbocycles. The fourth-order valence-corrected chi connectivity index (χ4v) is 4.14. The molecule has 0 unspecified atom stereocenters. The topological polar surface area (TPSA) is 147 Å². The normalized spacial score (nSPS) is 15.5. The van der Waals surface area contributed by atoms with Crippen molar-refractivity contribution in [3.8, 4) is 6.07 Å². The van der Waals surface area contributed by atoms with E-state index in [1.165, 1.54) is 6.26 Å². The smallest absolute Gasteiger partial charge is 0.338 e. The molecule has 1 aliphatic rings. The Morgan fingerprint density at radius 2 is 2.00 bits per heavy atom. The van der Waals surface area contributed by atoms with Gasteiger partial charge in [0.15, 0.2) is 0 Å². The highest BCUT2D eigenvalue weighted by Gasteiger charge is 2.36. The standard InChI is InChI=1S/C23H22N4O5S/c1-3-31-23(30)14-6-8-15(9-7-14)27-21(29)19-13(2)26-22(33-12-18(25)28)16(11-24)20(19)17-5-4-10-32-17/h4-10,20,26H,3,12H2,1-2H3,(H2,25,28)(H,27,29)/t20-/m1/s1. The third-order valence-corrected chi connectivity index (χ3v) is 5.77. The van der Waals surface area contributed by atoms with E-state index in [2.05, 4.69) is 16.7 Å². The third-order valence-electron chi connectivity index (χ3n) is 4.73. The molecule has 1 aliphatic heterocycles. The number of nitrogens with two attached hydrogens (primary N) is 1. The minimum atomic E-state index is -0.777. The van der Waals surface area contributed by atoms with Crippen LogP contribution in [-0.2, 0) is 14.3 Å². The number of thioether (sulfide) groups is 1. The molecule has 10 heteroatoms. The van der Waals surface area contributed by atoms with E-state index >= 15 is 0 Å². The first kappa shape index (κ1) is 23.7. The first-order valence-electron chi connectivity index (χ1n) is 10.0. The van der Waals surface area contributed by atoms with Crippen molar-refractivity contribution in [2.75, 3.05) is 17.7 Å². The van der Waals surface area contributed by atoms with Crippen LogP contribution in [0, 0.1) is 11.3 Å². The van der Waals surface area contributed by atoms with Crippen LogP contribution in [0.25, 0.3) is 0 Å². The van der Waals surface area contributed by atoms with Crippen LogP contribution in [0.15, 0.2) is 69.0 Å². The number of amides is 2. The molecule has 0 saturated heterocycles. The summed E-state index contributed by atoms with van der Waals surface area (Å²) < 4.78 is 10.5. The Bertz CT molecular complexity index is 1160. The van der Waals surface area contributed by atoms with Crippen LogP contribution >= 0.6 is 11.8 Å². The predicted octanol–water partition coefficient (Wildman–Crippen LogP) is 3.01. The molecular formula is C23H22N4O5S. The number of benzene rings is 1. The van der Waals surface area contributed by atoms with Gasteiger partial charge in [-0.05, 0) is 50.2 Å². The van der Waals surface area contributed by atoms with Crippen molar-refractivity contribution < 1.29 is 23.5 Å². The van der Waals surface area contributed by atoms with Gasteiger partial charge in [0.05, 0.1) is 52.3 Å². The summed E-state index contributed by atoms with van der Waals surface area (Å²) in [6, 6.07) is 11.8. The Balaban J connectivity index is 1.91. The van der Waals surface area contributed by atoms with Gasteiger partial charge >= 0.3 is 5.97 Å². The summed E-state index contributed by atoms with van der Waals surface area (Å²) in [6.07, 6.45) is 1.46. The van der Waals surface area contributed by atoms with Gasteiger partial charge < -0.3 is 25.5 Å². The molecule has 1 aromatic heterocycles. The van der Waals surface area contributed by atoms with Gasteiger partial charge in [0, 0.05) is 11.4 Å². The van der Waals surface area contributed by atoms with Gasteiger partial charge in [-0.3, -0.25) is 9.59 Å². The summed E-state index contributed by atoms with van der Waals surface area (Å²) in [6.45, 7) is 3.69. The number of nitriles is 1. The maximum Gasteiger partial charge on any atom is 0.338 e. The largest absolute Gasteiger partial charge is 0.468 e. The molecule has 2 amide bonds. The molecule has 4 N–H and O–H groups in total. The maximum absolute atomic E-state index is 13.3. The molecule has 2 heterocycles. The van der Waals surface area contributed by atoms with Gasteiger partial charge in [-0.2, -0.15) is 5.26 Å². The molecule has 0 saturated carbocycles. The van der Waals surface area contributed by atoms with Crippen molar-refractivity contribution in [2.45, 2.75) is 19.8 Å². The second-order valence-corrected chi connectivity index (χ2v) is 7.96. The van der Waals surface area contributed by atoms with E-state index in [4.69, 9.17) is 14.9 Å². The predicted molar refractivity (Wildman–Crippen MR) is 123 cm³/mol. The van der Waals surface area contributed by atoms with Crippen LogP contribution in [0.2, 0.25) is 0 Å². The van der Waals surface area contributed by atoms with Crippen LogP contribution in [0.5, 0.6) is 0 Å². The van der Waals surface area contributed by atoms with Crippen LogP contribution in [0.4, 0.5) is 5.69 Å². The van der Waals surface area contributed by atoms with Gasteiger partial charge in [-0.15, -0.1) is 0 Å². The van der Waals surface area contributed by atoms with E-state index in [-0.39, 0.29) is 17.9 Å². The second kappa shape index (κ2) is 10.6. The van der Waals surface area contributed by atoms with Crippen molar-refractivity contribution in [1.82, 2.24) is 5.32 Å². The number of carbonyl (C=O) groups excluding carboxylic acids is 3. The van der Waals surface area contributed by atoms with Crippen molar-refractivity contribution >= 4 is 35.2 Å². The lowest BCUT2D eigenvalue weighted by molar-refractivity contribution is -0.115. The second-order valence-electron chi connectivity index (χ2n) is 6.97. The molecule has 1 aromatic carbocycles. The molecule has 2 aromatic rings. The zero-order valence-corrected chi connectivity index (χ0v) is 18.8. The van der Waals surface area contributed by atoms with Gasteiger partial charge in [-0.25, -0.2) is 4.79 Å². The molecular weight excluding hydrogens is 444 g/mol. The Morgan fingerprint density at radius 3 is 2.58 bits per heavy atom. The first-order valence-corrected chi connectivity index (χ1v) is 11.0. The number of hydrogen-bond acceptors (Lipinski definition) is 8. The fraction of sp³-hybridized carbons (Fsp3) is 0.217. The van der Waals surface area contributed by atoms with E-state index in [1.54, 1.807) is 50.2 Å². The average molecular weight is 467 g/mol. The summed E-state index contributed by atoms with van der Waals surface area (Å²) in [4.78, 5) is 36.4. The van der Waals surface area contributed by atoms with Gasteiger partial charge in [0.2, 0.25) is 5.91 Å². The monoisotopic (exact) mass is 466 g/mol. The number of ether oxygens (including phenoxy) is 1. The van der Waals surface area contributed by atoms with Crippen molar-refractivity contribution in [3.63, 3.8) is 0 Å². The molecule has 33 heavy (non-hydrogen) atoms. The lowest BCUT2D eigenvalue weighted by Gasteiger charge is -2.28. The highest BCUT2D eigenvalue weighted by atomic mass is 32.2. The van der Waals surface area contributed by atoms with E-state index in [1.807, 2.05) is 0 Å². The molecule has 0 radical (unpaired) electrons. The number of anilines is 1. The van der Waals surface area contributed by atoms with Crippen LogP contribution in [0.3, 0.4) is 0 Å². The number of carbonyl (C=O) groups is 3. The summed E-state index contributed by atoms with van der Waals surface area (Å²) >= 11 is 1.09. The number of hydrogen-bond donors (Lipinski definition) is 3. The molecule has 3 rings (SSSR count). The van der Waals surface area contributed by atoms with E-state index in [0.29, 0.717) is 33.3 Å². The summed E-state index contributed by atoms with van der Waals surface area (Å²) in [5.74, 6) is -1.82. The van der Waals surface area contributed by atoms with E-state index in [0.717, 1.165) is 11.8 Å². The zero-order valence-electron chi connectivity index (χ0n) is 18.0. The Hall–Kier alpha value is -3.97. The quantitative estimate of drug-likeness (QED) is 0.503. The molecule has 170 valence electrons. The molecule has 1 atom stereocenters. The van der Waals surface area contributed by atoms with E-state index in [9.17, 15) is 19.6 Å². The number of allylic oxidation sites excluding steroid dienone is 2. The van der Waals surface area contributed by atoms with Gasteiger partial charge in [0.1, 0.15) is 5.76 Å². The van der Waals surface area contributed by atoms with Crippen molar-refractivity contribution in [3.05, 3.63) is 75.9 Å². The van der Waals surface area contributed by atoms with Gasteiger partial charge in [0.25, 0.3) is 5.91 Å². The molecule has 9 nitrogen and oxygen atoms in total. The number of esters is 1. The molecule has 0 bridgehead atoms. The minimum absolute atomic E-state index is 0.0278. The Labute approximate surface area is 194 Å². The maximum atomic E-state index is 13.3. The summed E-state index contributed by atoms with van der Waals surface area (Å²) in [7, 11) is 0. The fourth-order valence-electron chi connectivity index (χ4n) is 3.31. The number of primary amides is 1. The minimum Gasteiger partial charge on any atom is -0.468 e. The van der Waals surface area contributed by atoms with Crippen LogP contribution < -0.4 is 16.4 Å². The van der Waals surface area contributed by atoms with Crippen molar-refractivity contribution in [2.24, 2.45) is 5.73 Å². The van der Waals surface area contributed by atoms with Crippen LogP contribution in [-0.4, -0.2) is 30.1 Å². The highest BCUT2D eigenvalue weighted by molar-refractivity contribution is 8.03. The lowest BCUT2D eigenvalue weighted by Crippen LogP contribution is -2.31. The number of rotatable bonds is 8. The van der Waals surface area contributed by atoms with Gasteiger partial charge in [-0.1, -0.05) is 11.8 Å². The third kappa shape index (κ3) is 5.45.